The zero-order chi connectivity index (χ0) is 24.8. The molecule has 1 atom stereocenters. The van der Waals surface area contributed by atoms with E-state index in [1.807, 2.05) is 41.0 Å². The van der Waals surface area contributed by atoms with Gasteiger partial charge in [-0.1, -0.05) is 53.8 Å². The van der Waals surface area contributed by atoms with Gasteiger partial charge in [0.15, 0.2) is 4.80 Å². The quantitative estimate of drug-likeness (QED) is 0.350. The Kier molecular flexibility index (Phi) is 5.90. The fraction of sp³-hybridized carbons (Fsp3) is 0.172. The summed E-state index contributed by atoms with van der Waals surface area (Å²) in [6.45, 7) is 0. The van der Waals surface area contributed by atoms with E-state index in [1.165, 1.54) is 22.5 Å². The molecular formula is C29H23BrN2O3S. The number of ether oxygens (including phenoxy) is 2. The smallest absolute Gasteiger partial charge is 0.271 e. The van der Waals surface area contributed by atoms with Crippen molar-refractivity contribution in [2.75, 3.05) is 14.2 Å². The van der Waals surface area contributed by atoms with Crippen LogP contribution in [-0.2, 0) is 6.42 Å². The van der Waals surface area contributed by atoms with E-state index in [2.05, 4.69) is 52.3 Å². The number of aromatic nitrogens is 1. The average Bonchev–Trinajstić information content (AvgIpc) is 3.22. The monoisotopic (exact) mass is 558 g/mol. The van der Waals surface area contributed by atoms with Crippen LogP contribution in [0.15, 0.2) is 86.6 Å². The molecule has 2 heterocycles. The molecule has 0 N–H and O–H groups in total. The van der Waals surface area contributed by atoms with Crippen LogP contribution < -0.4 is 24.4 Å². The Bertz CT molecular complexity index is 1700. The minimum Gasteiger partial charge on any atom is -0.497 e. The Morgan fingerprint density at radius 3 is 2.58 bits per heavy atom. The van der Waals surface area contributed by atoms with Crippen LogP contribution in [-0.4, -0.2) is 18.8 Å². The number of methoxy groups -OCH3 is 2. The summed E-state index contributed by atoms with van der Waals surface area (Å²) in [6, 6.07) is 22.1. The second-order valence-electron chi connectivity index (χ2n) is 8.78. The fourth-order valence-electron chi connectivity index (χ4n) is 5.03. The molecule has 5 nitrogen and oxygen atoms in total. The lowest BCUT2D eigenvalue weighted by atomic mass is 9.83. The van der Waals surface area contributed by atoms with Crippen LogP contribution in [0.4, 0.5) is 0 Å². The van der Waals surface area contributed by atoms with E-state index in [4.69, 9.17) is 14.5 Å². The van der Waals surface area contributed by atoms with E-state index in [-0.39, 0.29) is 11.6 Å². The lowest BCUT2D eigenvalue weighted by Gasteiger charge is -2.30. The number of halogens is 1. The normalized spacial score (nSPS) is 16.6. The third-order valence-corrected chi connectivity index (χ3v) is 8.38. The molecule has 0 amide bonds. The first-order valence-electron chi connectivity index (χ1n) is 11.7. The highest BCUT2D eigenvalue weighted by atomic mass is 79.9. The summed E-state index contributed by atoms with van der Waals surface area (Å²) in [7, 11) is 3.30. The first-order valence-corrected chi connectivity index (χ1v) is 13.3. The van der Waals surface area contributed by atoms with Gasteiger partial charge in [0.05, 0.1) is 35.0 Å². The average molecular weight is 559 g/mol. The molecule has 7 heteroatoms. The second-order valence-corrected chi connectivity index (χ2v) is 10.6. The van der Waals surface area contributed by atoms with Gasteiger partial charge >= 0.3 is 0 Å². The lowest BCUT2D eigenvalue weighted by molar-refractivity contribution is 0.412. The zero-order valence-electron chi connectivity index (χ0n) is 19.8. The van der Waals surface area contributed by atoms with Gasteiger partial charge in [0.25, 0.3) is 5.56 Å². The molecule has 0 bridgehead atoms. The van der Waals surface area contributed by atoms with Crippen molar-refractivity contribution in [1.29, 1.82) is 0 Å². The molecule has 0 unspecified atom stereocenters. The molecule has 0 spiro atoms. The maximum Gasteiger partial charge on any atom is 0.271 e. The molecule has 1 aliphatic carbocycles. The Morgan fingerprint density at radius 2 is 1.83 bits per heavy atom. The van der Waals surface area contributed by atoms with Crippen molar-refractivity contribution in [2.24, 2.45) is 4.99 Å². The van der Waals surface area contributed by atoms with Crippen LogP contribution in [0.3, 0.4) is 0 Å². The number of thiazole rings is 1. The predicted octanol–water partition coefficient (Wildman–Crippen LogP) is 5.10. The van der Waals surface area contributed by atoms with Gasteiger partial charge < -0.3 is 9.47 Å². The van der Waals surface area contributed by atoms with E-state index < -0.39 is 0 Å². The predicted molar refractivity (Wildman–Crippen MR) is 146 cm³/mol. The minimum absolute atomic E-state index is 0.0306. The van der Waals surface area contributed by atoms with Crippen LogP contribution in [0.1, 0.15) is 34.7 Å². The number of hydrogen-bond acceptors (Lipinski definition) is 5. The van der Waals surface area contributed by atoms with Crippen molar-refractivity contribution < 1.29 is 9.47 Å². The third kappa shape index (κ3) is 3.83. The van der Waals surface area contributed by atoms with Gasteiger partial charge in [0, 0.05) is 5.56 Å². The van der Waals surface area contributed by atoms with Crippen LogP contribution in [0, 0.1) is 0 Å². The first-order chi connectivity index (χ1) is 17.6. The molecule has 1 aliphatic heterocycles. The minimum atomic E-state index is -0.208. The third-order valence-electron chi connectivity index (χ3n) is 6.78. The van der Waals surface area contributed by atoms with Crippen molar-refractivity contribution in [3.8, 4) is 11.5 Å². The summed E-state index contributed by atoms with van der Waals surface area (Å²) in [4.78, 5) is 19.6. The zero-order valence-corrected chi connectivity index (χ0v) is 22.2. The number of aryl methyl sites for hydroxylation is 1. The van der Waals surface area contributed by atoms with E-state index in [1.54, 1.807) is 14.2 Å². The van der Waals surface area contributed by atoms with Crippen LogP contribution >= 0.6 is 27.3 Å². The van der Waals surface area contributed by atoms with Crippen LogP contribution in [0.25, 0.3) is 11.8 Å². The van der Waals surface area contributed by atoms with E-state index in [0.29, 0.717) is 4.53 Å². The summed E-state index contributed by atoms with van der Waals surface area (Å²) < 4.78 is 14.1. The van der Waals surface area contributed by atoms with E-state index in [0.717, 1.165) is 56.0 Å². The molecule has 6 rings (SSSR count). The van der Waals surface area contributed by atoms with Gasteiger partial charge in [0.2, 0.25) is 0 Å². The van der Waals surface area contributed by atoms with Gasteiger partial charge in [-0.3, -0.25) is 9.36 Å². The highest BCUT2D eigenvalue weighted by molar-refractivity contribution is 9.10. The molecule has 2 aliphatic rings. The summed E-state index contributed by atoms with van der Waals surface area (Å²) in [5.41, 5.74) is 6.59. The standard InChI is InChI=1S/C29H23BrN2O3S/c1-34-20-11-8-19(9-12-20)27-22-13-10-18-5-3-4-6-21(18)26(22)31-29-32(27)28(33)25(36-29)16-17-7-14-24(35-2)23(30)15-17/h3-9,11-12,14-16,27H,10,13H2,1-2H3/b25-16-/t27-/m1/s1. The molecule has 0 saturated heterocycles. The molecule has 180 valence electrons. The topological polar surface area (TPSA) is 52.8 Å². The van der Waals surface area contributed by atoms with Gasteiger partial charge in [-0.15, -0.1) is 0 Å². The first kappa shape index (κ1) is 23.0. The second kappa shape index (κ2) is 9.22. The number of hydrogen-bond donors (Lipinski definition) is 0. The SMILES string of the molecule is COc1ccc([C@@H]2C3=C(N=c4s/c(=C\c5ccc(OC)c(Br)c5)c(=O)n42)c2ccccc2CC3)cc1. The number of allylic oxidation sites excluding steroid dienone is 1. The Hall–Kier alpha value is -3.42. The molecule has 3 aromatic carbocycles. The summed E-state index contributed by atoms with van der Waals surface area (Å²) in [6.07, 6.45) is 3.72. The molecule has 0 fully saturated rings. The van der Waals surface area contributed by atoms with Gasteiger partial charge in [-0.25, -0.2) is 4.99 Å². The van der Waals surface area contributed by atoms with Crippen molar-refractivity contribution in [1.82, 2.24) is 4.57 Å². The lowest BCUT2D eigenvalue weighted by Crippen LogP contribution is -2.38. The Labute approximate surface area is 220 Å². The summed E-state index contributed by atoms with van der Waals surface area (Å²) in [5, 5.41) is 0. The number of nitrogens with zero attached hydrogens (tertiary/aromatic N) is 2. The van der Waals surface area contributed by atoms with Crippen LogP contribution in [0.2, 0.25) is 0 Å². The van der Waals surface area contributed by atoms with E-state index in [9.17, 15) is 4.79 Å². The molecule has 36 heavy (non-hydrogen) atoms. The molecular weight excluding hydrogens is 536 g/mol. The largest absolute Gasteiger partial charge is 0.497 e. The van der Waals surface area contributed by atoms with Crippen molar-refractivity contribution in [3.63, 3.8) is 0 Å². The molecule has 0 saturated carbocycles. The molecule has 0 radical (unpaired) electrons. The molecule has 1 aromatic heterocycles. The Balaban J connectivity index is 1.58. The maximum absolute atomic E-state index is 13.9. The highest BCUT2D eigenvalue weighted by Gasteiger charge is 2.32. The van der Waals surface area contributed by atoms with E-state index >= 15 is 0 Å². The summed E-state index contributed by atoms with van der Waals surface area (Å²) in [5.74, 6) is 1.54. The van der Waals surface area contributed by atoms with Crippen molar-refractivity contribution in [3.05, 3.63) is 119 Å². The summed E-state index contributed by atoms with van der Waals surface area (Å²) >= 11 is 4.98. The number of rotatable bonds is 4. The maximum atomic E-state index is 13.9. The van der Waals surface area contributed by atoms with Crippen molar-refractivity contribution >= 4 is 39.0 Å². The highest BCUT2D eigenvalue weighted by Crippen LogP contribution is 2.41. The fourth-order valence-corrected chi connectivity index (χ4v) is 6.59. The number of benzene rings is 3. The van der Waals surface area contributed by atoms with Gasteiger partial charge in [-0.05, 0) is 81.4 Å². The number of fused-ring (bicyclic) bond motifs is 3. The van der Waals surface area contributed by atoms with Crippen LogP contribution in [0.5, 0.6) is 11.5 Å². The van der Waals surface area contributed by atoms with Gasteiger partial charge in [-0.2, -0.15) is 0 Å². The molecule has 4 aromatic rings. The van der Waals surface area contributed by atoms with Crippen molar-refractivity contribution in [2.45, 2.75) is 18.9 Å². The Morgan fingerprint density at radius 1 is 1.03 bits per heavy atom. The van der Waals surface area contributed by atoms with Gasteiger partial charge in [0.1, 0.15) is 11.5 Å².